The van der Waals surface area contributed by atoms with Gasteiger partial charge in [0, 0.05) is 39.5 Å². The summed E-state index contributed by atoms with van der Waals surface area (Å²) in [5.74, 6) is -0.518. The van der Waals surface area contributed by atoms with Crippen LogP contribution in [0.5, 0.6) is 0 Å². The van der Waals surface area contributed by atoms with E-state index < -0.39 is 5.97 Å². The average molecular weight is 453 g/mol. The fraction of sp³-hybridized carbons (Fsp3) is 0.143. The molecule has 1 unspecified atom stereocenters. The lowest BCUT2D eigenvalue weighted by atomic mass is 10.00. The van der Waals surface area contributed by atoms with E-state index in [0.29, 0.717) is 22.4 Å². The molecule has 1 atom stereocenters. The van der Waals surface area contributed by atoms with Gasteiger partial charge in [-0.3, -0.25) is 4.79 Å². The van der Waals surface area contributed by atoms with E-state index in [4.69, 9.17) is 4.42 Å². The number of para-hydroxylation sites is 1. The number of aromatic nitrogens is 1. The van der Waals surface area contributed by atoms with E-state index in [1.807, 2.05) is 51.1 Å². The Kier molecular flexibility index (Phi) is 5.21. The first-order valence-corrected chi connectivity index (χ1v) is 11.1. The number of benzene rings is 3. The van der Waals surface area contributed by atoms with Crippen LogP contribution in [0.2, 0.25) is 0 Å². The molecule has 0 aliphatic carbocycles. The van der Waals surface area contributed by atoms with Crippen molar-refractivity contribution in [3.8, 4) is 11.3 Å². The number of carboxylic acid groups (broad SMARTS) is 1. The van der Waals surface area contributed by atoms with Crippen LogP contribution >= 0.6 is 0 Å². The molecule has 3 N–H and O–H groups in total. The van der Waals surface area contributed by atoms with E-state index >= 15 is 0 Å². The number of carboxylic acids is 1. The van der Waals surface area contributed by atoms with Crippen LogP contribution in [-0.2, 0) is 0 Å². The van der Waals surface area contributed by atoms with Crippen LogP contribution in [0.25, 0.3) is 33.2 Å². The average Bonchev–Trinajstić information content (AvgIpc) is 3.18. The molecule has 0 aliphatic heterocycles. The summed E-state index contributed by atoms with van der Waals surface area (Å²) in [5, 5.41) is 14.4. The second-order valence-corrected chi connectivity index (χ2v) is 8.68. The summed E-state index contributed by atoms with van der Waals surface area (Å²) < 4.78 is 6.34. The number of rotatable bonds is 5. The predicted octanol–water partition coefficient (Wildman–Crippen LogP) is 6.43. The molecule has 2 aromatic heterocycles. The van der Waals surface area contributed by atoms with E-state index in [-0.39, 0.29) is 17.0 Å². The SMILES string of the molecule is Cc1cc(C(C)Nc2ccccc2C(=O)O)c2oc(-c3ccc4[nH]c(C)cc4c3)cc(=O)c2c1. The van der Waals surface area contributed by atoms with Crippen molar-refractivity contribution in [1.29, 1.82) is 0 Å². The fourth-order valence-electron chi connectivity index (χ4n) is 4.44. The second-order valence-electron chi connectivity index (χ2n) is 8.68. The highest BCUT2D eigenvalue weighted by Crippen LogP contribution is 2.32. The summed E-state index contributed by atoms with van der Waals surface area (Å²) >= 11 is 0. The normalized spacial score (nSPS) is 12.2. The van der Waals surface area contributed by atoms with Gasteiger partial charge in [0.1, 0.15) is 11.3 Å². The fourth-order valence-corrected chi connectivity index (χ4v) is 4.44. The Hall–Kier alpha value is -4.32. The number of carbonyl (C=O) groups is 1. The van der Waals surface area contributed by atoms with Crippen LogP contribution in [-0.4, -0.2) is 16.1 Å². The highest BCUT2D eigenvalue weighted by molar-refractivity contribution is 5.94. The molecule has 0 fully saturated rings. The highest BCUT2D eigenvalue weighted by Gasteiger charge is 2.18. The second kappa shape index (κ2) is 8.23. The largest absolute Gasteiger partial charge is 0.478 e. The van der Waals surface area contributed by atoms with E-state index in [2.05, 4.69) is 16.4 Å². The van der Waals surface area contributed by atoms with Gasteiger partial charge in [0.2, 0.25) is 0 Å². The summed E-state index contributed by atoms with van der Waals surface area (Å²) in [5.41, 5.74) is 5.67. The summed E-state index contributed by atoms with van der Waals surface area (Å²) in [6.07, 6.45) is 0. The van der Waals surface area contributed by atoms with Crippen LogP contribution in [0.1, 0.15) is 40.1 Å². The number of nitrogens with one attached hydrogen (secondary N) is 2. The summed E-state index contributed by atoms with van der Waals surface area (Å²) in [4.78, 5) is 28.1. The van der Waals surface area contributed by atoms with Gasteiger partial charge in [0.05, 0.1) is 17.0 Å². The maximum Gasteiger partial charge on any atom is 0.337 e. The van der Waals surface area contributed by atoms with Crippen molar-refractivity contribution in [2.45, 2.75) is 26.8 Å². The Labute approximate surface area is 195 Å². The summed E-state index contributed by atoms with van der Waals surface area (Å²) in [6, 6.07) is 19.7. The van der Waals surface area contributed by atoms with Crippen molar-refractivity contribution >= 4 is 33.5 Å². The van der Waals surface area contributed by atoms with E-state index in [1.165, 1.54) is 6.07 Å². The van der Waals surface area contributed by atoms with Crippen molar-refractivity contribution in [2.75, 3.05) is 5.32 Å². The van der Waals surface area contributed by atoms with Gasteiger partial charge >= 0.3 is 5.97 Å². The first-order chi connectivity index (χ1) is 16.3. The standard InChI is InChI=1S/C28H24N2O4/c1-15-10-21(17(3)30-24-7-5-4-6-20(24)28(32)33)27-22(11-15)25(31)14-26(34-27)18-8-9-23-19(13-18)12-16(2)29-23/h4-14,17,29-30H,1-3H3,(H,32,33). The lowest BCUT2D eigenvalue weighted by molar-refractivity contribution is 0.0698. The monoisotopic (exact) mass is 452 g/mol. The molecule has 34 heavy (non-hydrogen) atoms. The molecule has 6 heteroatoms. The zero-order valence-corrected chi connectivity index (χ0v) is 19.1. The lowest BCUT2D eigenvalue weighted by Crippen LogP contribution is -2.12. The molecule has 0 aliphatic rings. The number of aromatic carboxylic acids is 1. The van der Waals surface area contributed by atoms with Crippen LogP contribution in [0, 0.1) is 13.8 Å². The third-order valence-electron chi connectivity index (χ3n) is 6.04. The molecular weight excluding hydrogens is 428 g/mol. The number of aromatic amines is 1. The van der Waals surface area contributed by atoms with Gasteiger partial charge in [-0.15, -0.1) is 0 Å². The van der Waals surface area contributed by atoms with E-state index in [1.54, 1.807) is 24.3 Å². The summed E-state index contributed by atoms with van der Waals surface area (Å²) in [7, 11) is 0. The zero-order chi connectivity index (χ0) is 24.0. The molecule has 5 rings (SSSR count). The Morgan fingerprint density at radius 3 is 2.62 bits per heavy atom. The number of H-pyrrole nitrogens is 1. The molecule has 0 bridgehead atoms. The maximum absolute atomic E-state index is 13.1. The van der Waals surface area contributed by atoms with Crippen LogP contribution in [0.15, 0.2) is 75.9 Å². The molecule has 5 aromatic rings. The lowest BCUT2D eigenvalue weighted by Gasteiger charge is -2.19. The Bertz CT molecular complexity index is 1630. The smallest absolute Gasteiger partial charge is 0.337 e. The van der Waals surface area contributed by atoms with Crippen molar-refractivity contribution in [3.63, 3.8) is 0 Å². The van der Waals surface area contributed by atoms with Gasteiger partial charge in [0.25, 0.3) is 0 Å². The molecule has 2 heterocycles. The molecule has 0 saturated heterocycles. The predicted molar refractivity (Wildman–Crippen MR) is 135 cm³/mol. The van der Waals surface area contributed by atoms with E-state index in [0.717, 1.165) is 33.3 Å². The number of hydrogen-bond donors (Lipinski definition) is 3. The number of anilines is 1. The molecule has 0 saturated carbocycles. The van der Waals surface area contributed by atoms with Gasteiger partial charge in [-0.05, 0) is 68.8 Å². The molecule has 0 amide bonds. The molecule has 0 spiro atoms. The Morgan fingerprint density at radius 1 is 1.03 bits per heavy atom. The third-order valence-corrected chi connectivity index (χ3v) is 6.04. The molecular formula is C28H24N2O4. The first-order valence-electron chi connectivity index (χ1n) is 11.1. The van der Waals surface area contributed by atoms with Gasteiger partial charge in [-0.1, -0.05) is 18.2 Å². The number of fused-ring (bicyclic) bond motifs is 2. The van der Waals surface area contributed by atoms with Crippen molar-refractivity contribution < 1.29 is 14.3 Å². The van der Waals surface area contributed by atoms with Gasteiger partial charge in [-0.25, -0.2) is 4.79 Å². The number of hydrogen-bond acceptors (Lipinski definition) is 4. The van der Waals surface area contributed by atoms with Crippen LogP contribution in [0.4, 0.5) is 5.69 Å². The number of aryl methyl sites for hydroxylation is 2. The van der Waals surface area contributed by atoms with Crippen molar-refractivity contribution in [3.05, 3.63) is 99.3 Å². The quantitative estimate of drug-likeness (QED) is 0.286. The van der Waals surface area contributed by atoms with Gasteiger partial charge in [-0.2, -0.15) is 0 Å². The zero-order valence-electron chi connectivity index (χ0n) is 19.1. The Balaban J connectivity index is 1.64. The molecule has 170 valence electrons. The van der Waals surface area contributed by atoms with Gasteiger partial charge in [0.15, 0.2) is 5.43 Å². The summed E-state index contributed by atoms with van der Waals surface area (Å²) in [6.45, 7) is 5.85. The minimum atomic E-state index is -1.01. The molecule has 3 aromatic carbocycles. The topological polar surface area (TPSA) is 95.3 Å². The highest BCUT2D eigenvalue weighted by atomic mass is 16.4. The maximum atomic E-state index is 13.1. The van der Waals surface area contributed by atoms with Crippen LogP contribution < -0.4 is 10.7 Å². The molecule has 6 nitrogen and oxygen atoms in total. The van der Waals surface area contributed by atoms with Crippen molar-refractivity contribution in [1.82, 2.24) is 4.98 Å². The molecule has 0 radical (unpaired) electrons. The van der Waals surface area contributed by atoms with Crippen molar-refractivity contribution in [2.24, 2.45) is 0 Å². The first kappa shape index (κ1) is 21.5. The minimum Gasteiger partial charge on any atom is -0.478 e. The minimum absolute atomic E-state index is 0.121. The van der Waals surface area contributed by atoms with E-state index in [9.17, 15) is 14.7 Å². The van der Waals surface area contributed by atoms with Crippen LogP contribution in [0.3, 0.4) is 0 Å². The Morgan fingerprint density at radius 2 is 1.82 bits per heavy atom. The third kappa shape index (κ3) is 3.83. The van der Waals surface area contributed by atoms with Gasteiger partial charge < -0.3 is 19.8 Å².